The van der Waals surface area contributed by atoms with Crippen LogP contribution in [0.1, 0.15) is 21.7 Å². The van der Waals surface area contributed by atoms with Crippen molar-refractivity contribution in [2.45, 2.75) is 6.54 Å². The molecule has 32 heavy (non-hydrogen) atoms. The minimum Gasteiger partial charge on any atom is -0.467 e. The Labute approximate surface area is 188 Å². The van der Waals surface area contributed by atoms with E-state index in [0.717, 1.165) is 0 Å². The molecule has 0 radical (unpaired) electrons. The summed E-state index contributed by atoms with van der Waals surface area (Å²) in [5.74, 6) is -0.264. The lowest BCUT2D eigenvalue weighted by atomic mass is 10.1. The first-order chi connectivity index (χ1) is 15.4. The fourth-order valence-corrected chi connectivity index (χ4v) is 2.90. The summed E-state index contributed by atoms with van der Waals surface area (Å²) in [5, 5.41) is 18.9. The van der Waals surface area contributed by atoms with Crippen molar-refractivity contribution in [2.24, 2.45) is 0 Å². The molecule has 0 saturated heterocycles. The predicted octanol–water partition coefficient (Wildman–Crippen LogP) is 3.64. The van der Waals surface area contributed by atoms with E-state index in [1.54, 1.807) is 42.5 Å². The third-order valence-electron chi connectivity index (χ3n) is 4.17. The molecule has 0 spiro atoms. The molecule has 0 fully saturated rings. The van der Waals surface area contributed by atoms with Crippen LogP contribution in [0.2, 0.25) is 0 Å². The SMILES string of the molecule is O=C(/C=C/c1cccc([N+](=O)[O-])c1)NC(=S)Nc1ccccc1C(=O)NCc1ccco1. The third kappa shape index (κ3) is 6.34. The number of anilines is 1. The quantitative estimate of drug-likeness (QED) is 0.217. The molecule has 3 rings (SSSR count). The number of nitrogens with one attached hydrogen (secondary N) is 3. The lowest BCUT2D eigenvalue weighted by Crippen LogP contribution is -2.33. The fraction of sp³-hybridized carbons (Fsp3) is 0.0455. The van der Waals surface area contributed by atoms with Crippen LogP contribution in [0.3, 0.4) is 0 Å². The van der Waals surface area contributed by atoms with Gasteiger partial charge in [-0.1, -0.05) is 24.3 Å². The van der Waals surface area contributed by atoms with E-state index in [4.69, 9.17) is 16.6 Å². The van der Waals surface area contributed by atoms with E-state index in [2.05, 4.69) is 16.0 Å². The van der Waals surface area contributed by atoms with Crippen LogP contribution in [-0.2, 0) is 11.3 Å². The molecule has 0 atom stereocenters. The van der Waals surface area contributed by atoms with E-state index >= 15 is 0 Å². The largest absolute Gasteiger partial charge is 0.467 e. The summed E-state index contributed by atoms with van der Waals surface area (Å²) in [6.07, 6.45) is 4.15. The van der Waals surface area contributed by atoms with Crippen molar-refractivity contribution in [1.82, 2.24) is 10.6 Å². The molecule has 0 unspecified atom stereocenters. The second kappa shape index (κ2) is 10.6. The Bertz CT molecular complexity index is 1170. The molecule has 0 bridgehead atoms. The summed E-state index contributed by atoms with van der Waals surface area (Å²) in [6, 6.07) is 16.0. The van der Waals surface area contributed by atoms with Gasteiger partial charge in [-0.2, -0.15) is 0 Å². The van der Waals surface area contributed by atoms with Crippen LogP contribution in [0.5, 0.6) is 0 Å². The van der Waals surface area contributed by atoms with Crippen LogP contribution in [0.15, 0.2) is 77.4 Å². The van der Waals surface area contributed by atoms with Gasteiger partial charge in [-0.05, 0) is 48.1 Å². The summed E-state index contributed by atoms with van der Waals surface area (Å²) in [7, 11) is 0. The monoisotopic (exact) mass is 450 g/mol. The summed E-state index contributed by atoms with van der Waals surface area (Å²) < 4.78 is 5.19. The number of amides is 2. The number of non-ortho nitro benzene ring substituents is 1. The van der Waals surface area contributed by atoms with Gasteiger partial charge >= 0.3 is 0 Å². The fourth-order valence-electron chi connectivity index (χ4n) is 2.69. The van der Waals surface area contributed by atoms with Gasteiger partial charge in [0.15, 0.2) is 5.11 Å². The van der Waals surface area contributed by atoms with Crippen molar-refractivity contribution in [2.75, 3.05) is 5.32 Å². The number of hydrogen-bond donors (Lipinski definition) is 3. The van der Waals surface area contributed by atoms with Gasteiger partial charge in [0.25, 0.3) is 11.6 Å². The maximum absolute atomic E-state index is 12.5. The zero-order chi connectivity index (χ0) is 22.9. The van der Waals surface area contributed by atoms with Gasteiger partial charge in [-0.3, -0.25) is 25.0 Å². The second-order valence-corrected chi connectivity index (χ2v) is 6.84. The van der Waals surface area contributed by atoms with Crippen molar-refractivity contribution in [3.05, 3.63) is 100 Å². The first-order valence-electron chi connectivity index (χ1n) is 9.36. The van der Waals surface area contributed by atoms with Crippen LogP contribution in [-0.4, -0.2) is 21.9 Å². The van der Waals surface area contributed by atoms with Gasteiger partial charge in [0.05, 0.1) is 29.0 Å². The van der Waals surface area contributed by atoms with Crippen LogP contribution in [0.25, 0.3) is 6.08 Å². The minimum atomic E-state index is -0.534. The first kappa shape index (κ1) is 22.4. The molecule has 10 heteroatoms. The van der Waals surface area contributed by atoms with Crippen LogP contribution in [0.4, 0.5) is 11.4 Å². The molecule has 0 aliphatic carbocycles. The number of thiocarbonyl (C=S) groups is 1. The van der Waals surface area contributed by atoms with Crippen molar-refractivity contribution in [3.63, 3.8) is 0 Å². The Kier molecular flexibility index (Phi) is 7.44. The molecule has 0 aliphatic heterocycles. The van der Waals surface area contributed by atoms with E-state index in [1.165, 1.54) is 36.6 Å². The summed E-state index contributed by atoms with van der Waals surface area (Å²) in [4.78, 5) is 35.0. The van der Waals surface area contributed by atoms with Crippen LogP contribution < -0.4 is 16.0 Å². The highest BCUT2D eigenvalue weighted by Gasteiger charge is 2.13. The number of carbonyl (C=O) groups excluding carboxylic acids is 2. The number of hydrogen-bond acceptors (Lipinski definition) is 6. The van der Waals surface area contributed by atoms with Crippen LogP contribution in [0, 0.1) is 10.1 Å². The lowest BCUT2D eigenvalue weighted by molar-refractivity contribution is -0.384. The van der Waals surface area contributed by atoms with E-state index in [1.807, 2.05) is 0 Å². The lowest BCUT2D eigenvalue weighted by Gasteiger charge is -2.12. The van der Waals surface area contributed by atoms with Crippen molar-refractivity contribution in [1.29, 1.82) is 0 Å². The molecule has 162 valence electrons. The molecule has 1 heterocycles. The average molecular weight is 450 g/mol. The number of nitrogens with zero attached hydrogens (tertiary/aromatic N) is 1. The normalized spacial score (nSPS) is 10.5. The second-order valence-electron chi connectivity index (χ2n) is 6.44. The Balaban J connectivity index is 1.58. The van der Waals surface area contributed by atoms with E-state index in [9.17, 15) is 19.7 Å². The number of furan rings is 1. The van der Waals surface area contributed by atoms with E-state index < -0.39 is 10.8 Å². The number of nitro groups is 1. The molecular formula is C22H18N4O5S. The topological polar surface area (TPSA) is 127 Å². The highest BCUT2D eigenvalue weighted by atomic mass is 32.1. The van der Waals surface area contributed by atoms with Gasteiger partial charge in [0.1, 0.15) is 5.76 Å². The van der Waals surface area contributed by atoms with Crippen molar-refractivity contribution >= 4 is 46.6 Å². The molecular weight excluding hydrogens is 432 g/mol. The highest BCUT2D eigenvalue weighted by Crippen LogP contribution is 2.16. The molecule has 3 N–H and O–H groups in total. The summed E-state index contributed by atoms with van der Waals surface area (Å²) in [5.41, 5.74) is 1.17. The van der Waals surface area contributed by atoms with Gasteiger partial charge in [-0.25, -0.2) is 0 Å². The first-order valence-corrected chi connectivity index (χ1v) is 9.77. The van der Waals surface area contributed by atoms with E-state index in [-0.39, 0.29) is 23.3 Å². The van der Waals surface area contributed by atoms with Crippen molar-refractivity contribution in [3.8, 4) is 0 Å². The number of nitro benzene ring substituents is 1. The maximum atomic E-state index is 12.5. The predicted molar refractivity (Wildman–Crippen MR) is 123 cm³/mol. The summed E-state index contributed by atoms with van der Waals surface area (Å²) in [6.45, 7) is 0.226. The zero-order valence-corrected chi connectivity index (χ0v) is 17.4. The number of benzene rings is 2. The molecule has 3 aromatic rings. The average Bonchev–Trinajstić information content (AvgIpc) is 3.30. The Hall–Kier alpha value is -4.31. The molecule has 9 nitrogen and oxygen atoms in total. The Morgan fingerprint density at radius 1 is 1.09 bits per heavy atom. The molecule has 0 saturated carbocycles. The van der Waals surface area contributed by atoms with Crippen molar-refractivity contribution < 1.29 is 18.9 Å². The number of carbonyl (C=O) groups is 2. The number of rotatable bonds is 7. The zero-order valence-electron chi connectivity index (χ0n) is 16.6. The maximum Gasteiger partial charge on any atom is 0.270 e. The Morgan fingerprint density at radius 2 is 1.91 bits per heavy atom. The molecule has 1 aromatic heterocycles. The molecule has 0 aliphatic rings. The summed E-state index contributed by atoms with van der Waals surface area (Å²) >= 11 is 5.16. The van der Waals surface area contributed by atoms with Gasteiger partial charge in [0, 0.05) is 18.2 Å². The minimum absolute atomic E-state index is 0.00928. The Morgan fingerprint density at radius 3 is 2.66 bits per heavy atom. The van der Waals surface area contributed by atoms with Gasteiger partial charge in [-0.15, -0.1) is 0 Å². The third-order valence-corrected chi connectivity index (χ3v) is 4.37. The smallest absolute Gasteiger partial charge is 0.270 e. The van der Waals surface area contributed by atoms with E-state index in [0.29, 0.717) is 22.6 Å². The van der Waals surface area contributed by atoms with Crippen LogP contribution >= 0.6 is 12.2 Å². The van der Waals surface area contributed by atoms with Gasteiger partial charge < -0.3 is 15.1 Å². The highest BCUT2D eigenvalue weighted by molar-refractivity contribution is 7.80. The molecule has 2 amide bonds. The van der Waals surface area contributed by atoms with Gasteiger partial charge in [0.2, 0.25) is 5.91 Å². The standard InChI is InChI=1S/C22H18N4O5S/c27-20(11-10-15-5-3-6-16(13-15)26(29)30)25-22(32)24-19-9-2-1-8-18(19)21(28)23-14-17-7-4-12-31-17/h1-13H,14H2,(H,23,28)(H2,24,25,27,32)/b11-10+. The number of para-hydroxylation sites is 1. The molecule has 2 aromatic carbocycles.